The van der Waals surface area contributed by atoms with Crippen LogP contribution >= 0.6 is 0 Å². The van der Waals surface area contributed by atoms with Gasteiger partial charge in [0.1, 0.15) is 0 Å². The van der Waals surface area contributed by atoms with Gasteiger partial charge in [-0.05, 0) is 48.5 Å². The van der Waals surface area contributed by atoms with Gasteiger partial charge in [-0.15, -0.1) is 0 Å². The molecular formula is C13H20O2. The first-order chi connectivity index (χ1) is 6.79. The van der Waals surface area contributed by atoms with Gasteiger partial charge in [0, 0.05) is 5.57 Å². The lowest BCUT2D eigenvalue weighted by atomic mass is 9.67. The van der Waals surface area contributed by atoms with Gasteiger partial charge in [-0.2, -0.15) is 0 Å². The fourth-order valence-electron chi connectivity index (χ4n) is 4.11. The summed E-state index contributed by atoms with van der Waals surface area (Å²) in [6.45, 7) is 8.43. The van der Waals surface area contributed by atoms with Crippen LogP contribution in [0.1, 0.15) is 47.0 Å². The average molecular weight is 208 g/mol. The van der Waals surface area contributed by atoms with Crippen molar-refractivity contribution in [3.8, 4) is 0 Å². The Kier molecular flexibility index (Phi) is 2.05. The fourth-order valence-corrected chi connectivity index (χ4v) is 4.11. The van der Waals surface area contributed by atoms with E-state index < -0.39 is 5.97 Å². The number of carboxylic acids is 1. The highest BCUT2D eigenvalue weighted by atomic mass is 16.4. The summed E-state index contributed by atoms with van der Waals surface area (Å²) >= 11 is 0. The van der Waals surface area contributed by atoms with Crippen LogP contribution in [-0.2, 0) is 4.79 Å². The quantitative estimate of drug-likeness (QED) is 0.672. The molecule has 0 heterocycles. The standard InChI is InChI=1S/C13H20O2/c1-8(11(14)15)10-12(2,3)9-5-6-13(10,4)7-9/h9H,5-7H2,1-4H3,(H,14,15). The largest absolute Gasteiger partial charge is 0.478 e. The van der Waals surface area contributed by atoms with Gasteiger partial charge < -0.3 is 5.11 Å². The van der Waals surface area contributed by atoms with Crippen LogP contribution in [0, 0.1) is 16.7 Å². The number of fused-ring (bicyclic) bond motifs is 2. The van der Waals surface area contributed by atoms with Gasteiger partial charge in [0.2, 0.25) is 0 Å². The predicted octanol–water partition coefficient (Wildman–Crippen LogP) is 3.23. The number of carboxylic acid groups (broad SMARTS) is 1. The Morgan fingerprint density at radius 1 is 1.40 bits per heavy atom. The van der Waals surface area contributed by atoms with Gasteiger partial charge in [0.25, 0.3) is 0 Å². The number of hydrogen-bond donors (Lipinski definition) is 1. The lowest BCUT2D eigenvalue weighted by molar-refractivity contribution is -0.132. The molecule has 0 aliphatic heterocycles. The van der Waals surface area contributed by atoms with Crippen molar-refractivity contribution in [2.75, 3.05) is 0 Å². The van der Waals surface area contributed by atoms with Gasteiger partial charge in [0.05, 0.1) is 0 Å². The zero-order valence-corrected chi connectivity index (χ0v) is 10.1. The first-order valence-corrected chi connectivity index (χ1v) is 5.74. The molecule has 0 spiro atoms. The van der Waals surface area contributed by atoms with Crippen molar-refractivity contribution in [3.05, 3.63) is 11.1 Å². The Labute approximate surface area is 91.4 Å². The van der Waals surface area contributed by atoms with Gasteiger partial charge in [0.15, 0.2) is 0 Å². The number of rotatable bonds is 1. The van der Waals surface area contributed by atoms with Gasteiger partial charge in [-0.1, -0.05) is 20.8 Å². The molecule has 2 nitrogen and oxygen atoms in total. The fraction of sp³-hybridized carbons (Fsp3) is 0.769. The molecule has 0 amide bonds. The zero-order valence-electron chi connectivity index (χ0n) is 10.1. The van der Waals surface area contributed by atoms with Crippen LogP contribution in [0.2, 0.25) is 0 Å². The maximum absolute atomic E-state index is 11.1. The summed E-state index contributed by atoms with van der Waals surface area (Å²) in [4.78, 5) is 11.1. The molecule has 0 aromatic heterocycles. The van der Waals surface area contributed by atoms with E-state index in [1.165, 1.54) is 24.8 Å². The molecule has 2 unspecified atom stereocenters. The lowest BCUT2D eigenvalue weighted by Gasteiger charge is -2.38. The summed E-state index contributed by atoms with van der Waals surface area (Å²) in [6.07, 6.45) is 3.61. The second-order valence-electron chi connectivity index (χ2n) is 6.03. The Balaban J connectivity index is 2.56. The highest BCUT2D eigenvalue weighted by molar-refractivity contribution is 5.87. The topological polar surface area (TPSA) is 37.3 Å². The molecule has 2 aliphatic rings. The molecule has 15 heavy (non-hydrogen) atoms. The molecule has 84 valence electrons. The first kappa shape index (κ1) is 10.7. The van der Waals surface area contributed by atoms with Crippen molar-refractivity contribution in [1.29, 1.82) is 0 Å². The van der Waals surface area contributed by atoms with Crippen LogP contribution in [0.3, 0.4) is 0 Å². The molecule has 2 fully saturated rings. The third kappa shape index (κ3) is 1.27. The normalized spacial score (nSPS) is 40.7. The molecule has 2 rings (SSSR count). The molecular weight excluding hydrogens is 188 g/mol. The molecule has 1 N–H and O–H groups in total. The molecule has 0 aromatic carbocycles. The highest BCUT2D eigenvalue weighted by Crippen LogP contribution is 2.66. The molecule has 0 radical (unpaired) electrons. The van der Waals surface area contributed by atoms with Crippen molar-refractivity contribution in [3.63, 3.8) is 0 Å². The Morgan fingerprint density at radius 2 is 2.00 bits per heavy atom. The molecule has 0 saturated heterocycles. The molecule has 2 atom stereocenters. The minimum absolute atomic E-state index is 0.0927. The van der Waals surface area contributed by atoms with Crippen LogP contribution in [0.4, 0.5) is 0 Å². The molecule has 2 heteroatoms. The third-order valence-electron chi connectivity index (χ3n) is 4.71. The molecule has 2 bridgehead atoms. The van der Waals surface area contributed by atoms with Crippen LogP contribution in [-0.4, -0.2) is 11.1 Å². The van der Waals surface area contributed by atoms with Gasteiger partial charge in [-0.3, -0.25) is 0 Å². The van der Waals surface area contributed by atoms with Crippen molar-refractivity contribution in [2.24, 2.45) is 16.7 Å². The second kappa shape index (κ2) is 2.87. The zero-order chi connectivity index (χ0) is 11.4. The summed E-state index contributed by atoms with van der Waals surface area (Å²) in [7, 11) is 0. The van der Waals surface area contributed by atoms with E-state index in [0.29, 0.717) is 11.5 Å². The Hall–Kier alpha value is -0.790. The van der Waals surface area contributed by atoms with Crippen LogP contribution in [0.15, 0.2) is 11.1 Å². The van der Waals surface area contributed by atoms with Crippen LogP contribution in [0.5, 0.6) is 0 Å². The molecule has 2 aliphatic carbocycles. The average Bonchev–Trinajstić information content (AvgIpc) is 2.54. The van der Waals surface area contributed by atoms with Crippen molar-refractivity contribution in [2.45, 2.75) is 47.0 Å². The monoisotopic (exact) mass is 208 g/mol. The maximum atomic E-state index is 11.1. The van der Waals surface area contributed by atoms with E-state index in [1.54, 1.807) is 6.92 Å². The number of carbonyl (C=O) groups is 1. The van der Waals surface area contributed by atoms with Crippen molar-refractivity contribution < 1.29 is 9.90 Å². The SMILES string of the molecule is CC(C(=O)O)=C1C2(C)CCC(C2)C1(C)C. The smallest absolute Gasteiger partial charge is 0.331 e. The summed E-state index contributed by atoms with van der Waals surface area (Å²) < 4.78 is 0. The van der Waals surface area contributed by atoms with E-state index in [4.69, 9.17) is 5.11 Å². The Bertz CT molecular complexity index is 345. The van der Waals surface area contributed by atoms with Crippen molar-refractivity contribution in [1.82, 2.24) is 0 Å². The first-order valence-electron chi connectivity index (χ1n) is 5.74. The molecule has 2 saturated carbocycles. The van der Waals surface area contributed by atoms with E-state index >= 15 is 0 Å². The summed E-state index contributed by atoms with van der Waals surface area (Å²) in [6, 6.07) is 0. The van der Waals surface area contributed by atoms with E-state index in [-0.39, 0.29) is 10.8 Å². The van der Waals surface area contributed by atoms with E-state index in [9.17, 15) is 4.79 Å². The number of aliphatic carboxylic acids is 1. The minimum atomic E-state index is -0.744. The number of hydrogen-bond acceptors (Lipinski definition) is 1. The van der Waals surface area contributed by atoms with E-state index in [1.807, 2.05) is 0 Å². The maximum Gasteiger partial charge on any atom is 0.331 e. The van der Waals surface area contributed by atoms with Crippen LogP contribution in [0.25, 0.3) is 0 Å². The minimum Gasteiger partial charge on any atom is -0.478 e. The third-order valence-corrected chi connectivity index (χ3v) is 4.71. The van der Waals surface area contributed by atoms with Crippen LogP contribution < -0.4 is 0 Å². The van der Waals surface area contributed by atoms with Crippen molar-refractivity contribution >= 4 is 5.97 Å². The van der Waals surface area contributed by atoms with Gasteiger partial charge in [-0.25, -0.2) is 4.79 Å². The summed E-state index contributed by atoms with van der Waals surface area (Å²) in [5, 5.41) is 9.16. The Morgan fingerprint density at radius 3 is 2.40 bits per heavy atom. The summed E-state index contributed by atoms with van der Waals surface area (Å²) in [5.74, 6) is -0.0568. The second-order valence-corrected chi connectivity index (χ2v) is 6.03. The number of allylic oxidation sites excluding steroid dienone is 1. The van der Waals surface area contributed by atoms with Gasteiger partial charge >= 0.3 is 5.97 Å². The van der Waals surface area contributed by atoms with E-state index in [0.717, 1.165) is 0 Å². The molecule has 0 aromatic rings. The van der Waals surface area contributed by atoms with E-state index in [2.05, 4.69) is 20.8 Å². The predicted molar refractivity (Wildman–Crippen MR) is 59.6 cm³/mol. The highest BCUT2D eigenvalue weighted by Gasteiger charge is 2.56. The lowest BCUT2D eigenvalue weighted by Crippen LogP contribution is -2.29. The summed E-state index contributed by atoms with van der Waals surface area (Å²) in [5.41, 5.74) is 2.05.